The highest BCUT2D eigenvalue weighted by Gasteiger charge is 2.24. The van der Waals surface area contributed by atoms with Crippen LogP contribution >= 0.6 is 0 Å². The van der Waals surface area contributed by atoms with Gasteiger partial charge in [-0.15, -0.1) is 0 Å². The monoisotopic (exact) mass is 364 g/mol. The standard InChI is InChI=1S/C17H10F2O7/c1-7(20)24-6-25-15-5-14-9(3-11(15)19)16(17(22)23)8-2-10(18)12(21)4-13(8)26-14/h2-5H,6H2,1H3,(H,22,23). The fraction of sp³-hybridized carbons (Fsp3) is 0.118. The minimum Gasteiger partial charge on any atom is -0.478 e. The highest BCUT2D eigenvalue weighted by Crippen LogP contribution is 2.36. The molecule has 0 fully saturated rings. The van der Waals surface area contributed by atoms with Crippen LogP contribution in [0.25, 0.3) is 22.3 Å². The minimum absolute atomic E-state index is 0.111. The number of carbonyl (C=O) groups excluding carboxylic acids is 1. The predicted molar refractivity (Wildman–Crippen MR) is 83.2 cm³/mol. The Morgan fingerprint density at radius 1 is 1.15 bits per heavy atom. The summed E-state index contributed by atoms with van der Waals surface area (Å²) in [7, 11) is 0. The lowest BCUT2D eigenvalue weighted by Gasteiger charge is -2.13. The van der Waals surface area contributed by atoms with Gasteiger partial charge in [-0.25, -0.2) is 13.6 Å². The Balaban J connectivity index is 2.24. The number of carboxylic acid groups (broad SMARTS) is 1. The van der Waals surface area contributed by atoms with Gasteiger partial charge in [0.2, 0.25) is 12.2 Å². The van der Waals surface area contributed by atoms with Gasteiger partial charge in [-0.1, -0.05) is 0 Å². The van der Waals surface area contributed by atoms with E-state index in [1.54, 1.807) is 0 Å². The number of carbonyl (C=O) groups is 2. The molecule has 26 heavy (non-hydrogen) atoms. The van der Waals surface area contributed by atoms with Crippen LogP contribution in [0.1, 0.15) is 17.3 Å². The molecule has 0 aromatic heterocycles. The van der Waals surface area contributed by atoms with E-state index < -0.39 is 41.4 Å². The zero-order chi connectivity index (χ0) is 19.0. The van der Waals surface area contributed by atoms with Crippen molar-refractivity contribution in [3.8, 4) is 17.1 Å². The van der Waals surface area contributed by atoms with Gasteiger partial charge in [0.1, 0.15) is 11.3 Å². The third-order valence-electron chi connectivity index (χ3n) is 3.52. The number of rotatable bonds is 4. The Hall–Kier alpha value is -3.49. The van der Waals surface area contributed by atoms with Crippen molar-refractivity contribution in [1.29, 1.82) is 0 Å². The largest absolute Gasteiger partial charge is 0.478 e. The molecule has 1 N–H and O–H groups in total. The van der Waals surface area contributed by atoms with Gasteiger partial charge in [0.25, 0.3) is 0 Å². The van der Waals surface area contributed by atoms with Gasteiger partial charge in [0.15, 0.2) is 17.4 Å². The molecular weight excluding hydrogens is 354 g/mol. The first-order valence-electron chi connectivity index (χ1n) is 7.17. The van der Waals surface area contributed by atoms with Crippen molar-refractivity contribution in [1.82, 2.24) is 0 Å². The summed E-state index contributed by atoms with van der Waals surface area (Å²) >= 11 is 0. The topological polar surface area (TPSA) is 103 Å². The summed E-state index contributed by atoms with van der Waals surface area (Å²) in [4.78, 5) is 33.8. The van der Waals surface area contributed by atoms with E-state index in [9.17, 15) is 28.3 Å². The number of hydrogen-bond acceptors (Lipinski definition) is 6. The van der Waals surface area contributed by atoms with Crippen LogP contribution in [0.5, 0.6) is 5.75 Å². The molecule has 1 aliphatic carbocycles. The van der Waals surface area contributed by atoms with E-state index in [1.807, 2.05) is 0 Å². The van der Waals surface area contributed by atoms with Crippen molar-refractivity contribution in [2.75, 3.05) is 6.79 Å². The third kappa shape index (κ3) is 3.06. The highest BCUT2D eigenvalue weighted by atomic mass is 19.1. The van der Waals surface area contributed by atoms with Crippen LogP contribution in [0.4, 0.5) is 8.78 Å². The van der Waals surface area contributed by atoms with E-state index in [1.165, 1.54) is 0 Å². The van der Waals surface area contributed by atoms with Crippen LogP contribution < -0.4 is 10.2 Å². The molecule has 0 unspecified atom stereocenters. The lowest BCUT2D eigenvalue weighted by atomic mass is 9.99. The van der Waals surface area contributed by atoms with Gasteiger partial charge in [0, 0.05) is 30.0 Å². The summed E-state index contributed by atoms with van der Waals surface area (Å²) in [6, 6.07) is 3.42. The van der Waals surface area contributed by atoms with E-state index in [4.69, 9.17) is 9.15 Å². The van der Waals surface area contributed by atoms with E-state index in [0.29, 0.717) is 0 Å². The zero-order valence-electron chi connectivity index (χ0n) is 13.2. The second-order valence-corrected chi connectivity index (χ2v) is 5.24. The lowest BCUT2D eigenvalue weighted by Crippen LogP contribution is -2.10. The average Bonchev–Trinajstić information content (AvgIpc) is 2.54. The fourth-order valence-electron chi connectivity index (χ4n) is 2.41. The van der Waals surface area contributed by atoms with Crippen molar-refractivity contribution in [2.45, 2.75) is 6.92 Å². The molecule has 3 rings (SSSR count). The SMILES string of the molecule is CC(=O)OCOc1cc2oc3cc(=O)c(F)cc-3c(C(=O)O)c2cc1F. The number of ether oxygens (including phenoxy) is 2. The Labute approximate surface area is 143 Å². The number of benzene rings is 2. The van der Waals surface area contributed by atoms with E-state index in [2.05, 4.69) is 4.74 Å². The smallest absolute Gasteiger partial charge is 0.337 e. The van der Waals surface area contributed by atoms with Crippen LogP contribution in [0.3, 0.4) is 0 Å². The van der Waals surface area contributed by atoms with Crippen molar-refractivity contribution < 1.29 is 37.4 Å². The molecule has 2 aliphatic rings. The summed E-state index contributed by atoms with van der Waals surface area (Å²) in [5, 5.41) is 9.30. The van der Waals surface area contributed by atoms with Crippen molar-refractivity contribution in [3.63, 3.8) is 0 Å². The maximum atomic E-state index is 14.2. The Kier molecular flexibility index (Phi) is 4.29. The van der Waals surface area contributed by atoms with E-state index >= 15 is 0 Å². The van der Waals surface area contributed by atoms with Gasteiger partial charge in [0.05, 0.1) is 5.56 Å². The van der Waals surface area contributed by atoms with Crippen LogP contribution in [0.2, 0.25) is 0 Å². The third-order valence-corrected chi connectivity index (χ3v) is 3.52. The van der Waals surface area contributed by atoms with Crippen molar-refractivity contribution >= 4 is 22.9 Å². The lowest BCUT2D eigenvalue weighted by molar-refractivity contribution is -0.147. The van der Waals surface area contributed by atoms with Crippen LogP contribution in [-0.4, -0.2) is 23.8 Å². The molecule has 9 heteroatoms. The summed E-state index contributed by atoms with van der Waals surface area (Å²) in [6.45, 7) is 0.577. The number of aromatic carboxylic acids is 1. The molecule has 0 radical (unpaired) electrons. The Morgan fingerprint density at radius 3 is 2.54 bits per heavy atom. The predicted octanol–water partition coefficient (Wildman–Crippen LogP) is 2.77. The molecule has 0 amide bonds. The second-order valence-electron chi connectivity index (χ2n) is 5.24. The molecule has 1 aromatic rings. The molecule has 1 heterocycles. The van der Waals surface area contributed by atoms with Crippen LogP contribution in [0.15, 0.2) is 33.5 Å². The maximum absolute atomic E-state index is 14.2. The zero-order valence-corrected chi connectivity index (χ0v) is 13.2. The van der Waals surface area contributed by atoms with Gasteiger partial charge < -0.3 is 19.0 Å². The second kappa shape index (κ2) is 6.43. The fourth-order valence-corrected chi connectivity index (χ4v) is 2.41. The van der Waals surface area contributed by atoms with E-state index in [0.717, 1.165) is 31.2 Å². The van der Waals surface area contributed by atoms with E-state index in [-0.39, 0.29) is 28.0 Å². The number of carboxylic acids is 1. The highest BCUT2D eigenvalue weighted by molar-refractivity contribution is 6.08. The van der Waals surface area contributed by atoms with Crippen LogP contribution in [-0.2, 0) is 9.53 Å². The summed E-state index contributed by atoms with van der Waals surface area (Å²) in [5.74, 6) is -4.73. The van der Waals surface area contributed by atoms with Gasteiger partial charge >= 0.3 is 11.9 Å². The van der Waals surface area contributed by atoms with Gasteiger partial charge in [-0.2, -0.15) is 0 Å². The number of hydrogen-bond donors (Lipinski definition) is 1. The maximum Gasteiger partial charge on any atom is 0.337 e. The van der Waals surface area contributed by atoms with Gasteiger partial charge in [-0.05, 0) is 12.1 Å². The Bertz CT molecular complexity index is 1070. The first-order chi connectivity index (χ1) is 12.3. The molecule has 0 saturated heterocycles. The minimum atomic E-state index is -1.46. The molecular formula is C17H10F2O7. The van der Waals surface area contributed by atoms with Gasteiger partial charge in [-0.3, -0.25) is 9.59 Å². The van der Waals surface area contributed by atoms with Crippen LogP contribution in [0, 0.1) is 11.6 Å². The number of halogens is 2. The molecule has 0 bridgehead atoms. The summed E-state index contributed by atoms with van der Waals surface area (Å²) in [6.07, 6.45) is 0. The summed E-state index contributed by atoms with van der Waals surface area (Å²) < 4.78 is 42.7. The molecule has 7 nitrogen and oxygen atoms in total. The molecule has 1 aromatic carbocycles. The van der Waals surface area contributed by atoms with Crippen molar-refractivity contribution in [2.24, 2.45) is 0 Å². The van der Waals surface area contributed by atoms with Crippen molar-refractivity contribution in [3.05, 3.63) is 51.7 Å². The molecule has 0 spiro atoms. The average molecular weight is 364 g/mol. The molecule has 134 valence electrons. The summed E-state index contributed by atoms with van der Waals surface area (Å²) in [5.41, 5.74) is -1.70. The Morgan fingerprint density at radius 2 is 1.88 bits per heavy atom. The quantitative estimate of drug-likeness (QED) is 0.431. The normalized spacial score (nSPS) is 10.9. The first kappa shape index (κ1) is 17.3. The number of fused-ring (bicyclic) bond motifs is 2. The molecule has 0 saturated carbocycles. The first-order valence-corrected chi connectivity index (χ1v) is 7.17. The molecule has 0 atom stereocenters. The number of esters is 1. The molecule has 1 aliphatic heterocycles.